The highest BCUT2D eigenvalue weighted by Gasteiger charge is 2.26. The van der Waals surface area contributed by atoms with Crippen molar-refractivity contribution in [1.82, 2.24) is 5.32 Å². The van der Waals surface area contributed by atoms with Crippen molar-refractivity contribution < 1.29 is 20.1 Å². The average Bonchev–Trinajstić information content (AvgIpc) is 3.01. The van der Waals surface area contributed by atoms with Gasteiger partial charge in [-0.05, 0) is 71.1 Å². The molecule has 0 aliphatic rings. The number of unbranched alkanes of at least 4 members (excludes halogenated alkanes) is 16. The number of aliphatic hydroxyl groups is 3. The van der Waals surface area contributed by atoms with Gasteiger partial charge < -0.3 is 20.6 Å². The van der Waals surface area contributed by atoms with Gasteiger partial charge in [0.05, 0.1) is 18.8 Å². The molecule has 1 amide bonds. The van der Waals surface area contributed by atoms with Crippen LogP contribution < -0.4 is 5.32 Å². The topological polar surface area (TPSA) is 89.8 Å². The van der Waals surface area contributed by atoms with Gasteiger partial charge in [0.25, 0.3) is 0 Å². The van der Waals surface area contributed by atoms with Crippen LogP contribution in [0.4, 0.5) is 0 Å². The summed E-state index contributed by atoms with van der Waals surface area (Å²) in [5, 5.41) is 33.1. The molecule has 0 saturated carbocycles. The second-order valence-electron chi connectivity index (χ2n) is 12.0. The summed E-state index contributed by atoms with van der Waals surface area (Å²) in [6.07, 6.45) is 41.0. The van der Waals surface area contributed by atoms with Gasteiger partial charge >= 0.3 is 0 Å². The molecular weight excluding hydrogens is 534 g/mol. The van der Waals surface area contributed by atoms with Crippen molar-refractivity contribution in [2.24, 2.45) is 0 Å². The summed E-state index contributed by atoms with van der Waals surface area (Å²) in [4.78, 5) is 12.3. The van der Waals surface area contributed by atoms with E-state index in [0.717, 1.165) is 57.8 Å². The van der Waals surface area contributed by atoms with Gasteiger partial charge in [-0.2, -0.15) is 0 Å². The number of aliphatic hydroxyl groups excluding tert-OH is 3. The molecule has 0 saturated heterocycles. The van der Waals surface area contributed by atoms with Gasteiger partial charge in [0.1, 0.15) is 6.10 Å². The highest BCUT2D eigenvalue weighted by molar-refractivity contribution is 5.76. The van der Waals surface area contributed by atoms with Crippen molar-refractivity contribution in [3.8, 4) is 0 Å². The zero-order valence-electron chi connectivity index (χ0n) is 28.1. The maximum atomic E-state index is 12.3. The molecule has 250 valence electrons. The fourth-order valence-corrected chi connectivity index (χ4v) is 5.22. The number of hydrogen-bond donors (Lipinski definition) is 4. The first-order valence-corrected chi connectivity index (χ1v) is 17.9. The summed E-state index contributed by atoms with van der Waals surface area (Å²) < 4.78 is 0. The smallest absolute Gasteiger partial charge is 0.220 e. The van der Waals surface area contributed by atoms with Gasteiger partial charge in [0, 0.05) is 6.42 Å². The zero-order chi connectivity index (χ0) is 31.6. The van der Waals surface area contributed by atoms with Gasteiger partial charge in [0.2, 0.25) is 5.91 Å². The largest absolute Gasteiger partial charge is 0.394 e. The fraction of sp³-hybridized carbons (Fsp3) is 0.763. The summed E-state index contributed by atoms with van der Waals surface area (Å²) in [6, 6.07) is -0.829. The normalized spacial score (nSPS) is 14.4. The first-order valence-electron chi connectivity index (χ1n) is 17.9. The summed E-state index contributed by atoms with van der Waals surface area (Å²) >= 11 is 0. The Bertz CT molecular complexity index is 715. The van der Waals surface area contributed by atoms with E-state index in [2.05, 4.69) is 54.8 Å². The Morgan fingerprint density at radius 3 is 1.70 bits per heavy atom. The minimum Gasteiger partial charge on any atom is -0.394 e. The molecule has 3 unspecified atom stereocenters. The van der Waals surface area contributed by atoms with Crippen LogP contribution >= 0.6 is 0 Å². The number of carbonyl (C=O) groups excluding carboxylic acids is 1. The number of rotatable bonds is 31. The van der Waals surface area contributed by atoms with E-state index in [9.17, 15) is 20.1 Å². The maximum absolute atomic E-state index is 12.3. The number of nitrogens with one attached hydrogen (secondary N) is 1. The summed E-state index contributed by atoms with van der Waals surface area (Å²) in [5.74, 6) is -0.165. The molecule has 0 heterocycles. The van der Waals surface area contributed by atoms with Crippen molar-refractivity contribution in [2.45, 2.75) is 180 Å². The Labute approximate surface area is 266 Å². The van der Waals surface area contributed by atoms with Gasteiger partial charge in [-0.25, -0.2) is 0 Å². The Kier molecular flexibility index (Phi) is 31.9. The molecule has 0 radical (unpaired) electrons. The number of allylic oxidation sites excluding steroid dienone is 8. The molecule has 0 aliphatic heterocycles. The van der Waals surface area contributed by atoms with Crippen LogP contribution in [0.15, 0.2) is 48.6 Å². The van der Waals surface area contributed by atoms with E-state index in [4.69, 9.17) is 0 Å². The van der Waals surface area contributed by atoms with Gasteiger partial charge in [0.15, 0.2) is 0 Å². The van der Waals surface area contributed by atoms with Crippen LogP contribution in [0.3, 0.4) is 0 Å². The Balaban J connectivity index is 3.63. The molecule has 0 rings (SSSR count). The van der Waals surface area contributed by atoms with E-state index in [1.807, 2.05) is 13.0 Å². The van der Waals surface area contributed by atoms with E-state index < -0.39 is 18.2 Å². The molecule has 43 heavy (non-hydrogen) atoms. The van der Waals surface area contributed by atoms with Crippen LogP contribution in [0.1, 0.15) is 162 Å². The van der Waals surface area contributed by atoms with Crippen LogP contribution in [-0.2, 0) is 4.79 Å². The zero-order valence-corrected chi connectivity index (χ0v) is 28.1. The lowest BCUT2D eigenvalue weighted by Crippen LogP contribution is -2.50. The van der Waals surface area contributed by atoms with Crippen molar-refractivity contribution in [3.63, 3.8) is 0 Å². The lowest BCUT2D eigenvalue weighted by atomic mass is 10.0. The molecule has 5 heteroatoms. The molecule has 0 aromatic heterocycles. The Morgan fingerprint density at radius 2 is 1.12 bits per heavy atom. The molecule has 0 spiro atoms. The third-order valence-corrected chi connectivity index (χ3v) is 7.99. The van der Waals surface area contributed by atoms with Crippen LogP contribution in [0.25, 0.3) is 0 Å². The van der Waals surface area contributed by atoms with Crippen molar-refractivity contribution >= 4 is 5.91 Å². The van der Waals surface area contributed by atoms with Gasteiger partial charge in [-0.3, -0.25) is 4.79 Å². The standard InChI is InChI=1S/C38H69NO4/c1-3-5-7-9-11-13-14-15-16-17-18-19-20-21-22-23-24-25-27-29-31-33-37(42)39-35(34-40)38(43)36(41)32-30-28-26-12-10-8-6-4-2/h4-7,11-13,26,35-36,38,40-41,43H,3,8-10,14-25,27-34H2,1-2H3,(H,39,42)/b6-4+,7-5-,13-11-,26-12+. The number of amides is 1. The highest BCUT2D eigenvalue weighted by Crippen LogP contribution is 2.14. The molecule has 0 fully saturated rings. The molecule has 3 atom stereocenters. The molecule has 5 nitrogen and oxygen atoms in total. The molecule has 0 aromatic rings. The van der Waals surface area contributed by atoms with Crippen LogP contribution in [0, 0.1) is 0 Å². The number of carbonyl (C=O) groups is 1. The summed E-state index contributed by atoms with van der Waals surface area (Å²) in [5.41, 5.74) is 0. The van der Waals surface area contributed by atoms with Crippen molar-refractivity contribution in [3.05, 3.63) is 48.6 Å². The second-order valence-corrected chi connectivity index (χ2v) is 12.0. The van der Waals surface area contributed by atoms with Crippen LogP contribution in [-0.4, -0.2) is 46.1 Å². The Hall–Kier alpha value is -1.69. The highest BCUT2D eigenvalue weighted by atomic mass is 16.3. The van der Waals surface area contributed by atoms with Gasteiger partial charge in [-0.1, -0.05) is 133 Å². The SMILES string of the molecule is C/C=C/CC/C=C/CCCC(O)C(O)C(CO)NC(=O)CCCCCCCCCCCCCCCC/C=C\C/C=C\CC. The molecule has 0 bridgehead atoms. The predicted molar refractivity (Wildman–Crippen MR) is 185 cm³/mol. The third kappa shape index (κ3) is 28.8. The lowest BCUT2D eigenvalue weighted by Gasteiger charge is -2.26. The predicted octanol–water partition coefficient (Wildman–Crippen LogP) is 9.42. The summed E-state index contributed by atoms with van der Waals surface area (Å²) in [6.45, 7) is 3.80. The lowest BCUT2D eigenvalue weighted by molar-refractivity contribution is -0.124. The monoisotopic (exact) mass is 604 g/mol. The first kappa shape index (κ1) is 41.3. The quantitative estimate of drug-likeness (QED) is 0.0469. The minimum absolute atomic E-state index is 0.165. The van der Waals surface area contributed by atoms with Gasteiger partial charge in [-0.15, -0.1) is 0 Å². The average molecular weight is 604 g/mol. The molecular formula is C38H69NO4. The van der Waals surface area contributed by atoms with Crippen molar-refractivity contribution in [1.29, 1.82) is 0 Å². The molecule has 4 N–H and O–H groups in total. The van der Waals surface area contributed by atoms with E-state index in [1.165, 1.54) is 77.0 Å². The first-order chi connectivity index (χ1) is 21.1. The van der Waals surface area contributed by atoms with Crippen LogP contribution in [0.5, 0.6) is 0 Å². The second kappa shape index (κ2) is 33.2. The Morgan fingerprint density at radius 1 is 0.628 bits per heavy atom. The molecule has 0 aromatic carbocycles. The van der Waals surface area contributed by atoms with Crippen LogP contribution in [0.2, 0.25) is 0 Å². The van der Waals surface area contributed by atoms with E-state index in [0.29, 0.717) is 12.8 Å². The summed E-state index contributed by atoms with van der Waals surface area (Å²) in [7, 11) is 0. The molecule has 0 aliphatic carbocycles. The number of hydrogen-bond acceptors (Lipinski definition) is 4. The maximum Gasteiger partial charge on any atom is 0.220 e. The van der Waals surface area contributed by atoms with E-state index >= 15 is 0 Å². The third-order valence-electron chi connectivity index (χ3n) is 7.99. The van der Waals surface area contributed by atoms with E-state index in [1.54, 1.807) is 0 Å². The minimum atomic E-state index is -1.16. The fourth-order valence-electron chi connectivity index (χ4n) is 5.22. The van der Waals surface area contributed by atoms with E-state index in [-0.39, 0.29) is 12.5 Å². The van der Waals surface area contributed by atoms with Crippen molar-refractivity contribution in [2.75, 3.05) is 6.61 Å².